The van der Waals surface area contributed by atoms with Gasteiger partial charge in [-0.05, 0) is 19.4 Å². The van der Waals surface area contributed by atoms with Crippen molar-refractivity contribution in [2.24, 2.45) is 0 Å². The molecule has 0 bridgehead atoms. The zero-order valence-electron chi connectivity index (χ0n) is 9.90. The Morgan fingerprint density at radius 2 is 2.22 bits per heavy atom. The number of non-ortho nitro benzene ring substituents is 1. The number of halogens is 2. The van der Waals surface area contributed by atoms with Gasteiger partial charge in [0.15, 0.2) is 0 Å². The van der Waals surface area contributed by atoms with Crippen LogP contribution in [0.5, 0.6) is 0 Å². The summed E-state index contributed by atoms with van der Waals surface area (Å²) in [6.07, 6.45) is -0.478. The van der Waals surface area contributed by atoms with Gasteiger partial charge in [-0.3, -0.25) is 10.1 Å². The molecule has 0 saturated heterocycles. The highest BCUT2D eigenvalue weighted by molar-refractivity contribution is 5.57. The smallest absolute Gasteiger partial charge is 0.270 e. The molecule has 1 N–H and O–H groups in total. The molecule has 0 aliphatic carbocycles. The second-order valence-electron chi connectivity index (χ2n) is 3.90. The maximum Gasteiger partial charge on any atom is 0.270 e. The zero-order chi connectivity index (χ0) is 13.7. The second kappa shape index (κ2) is 6.09. The van der Waals surface area contributed by atoms with Gasteiger partial charge in [-0.15, -0.1) is 6.58 Å². The predicted molar refractivity (Wildman–Crippen MR) is 66.0 cm³/mol. The molecule has 0 spiro atoms. The molecular weight excluding hydrogens is 242 g/mol. The van der Waals surface area contributed by atoms with E-state index in [0.717, 1.165) is 6.07 Å². The van der Waals surface area contributed by atoms with Crippen LogP contribution < -0.4 is 5.32 Å². The van der Waals surface area contributed by atoms with Crippen molar-refractivity contribution in [3.63, 3.8) is 0 Å². The Kier molecular flexibility index (Phi) is 4.76. The third kappa shape index (κ3) is 3.51. The minimum atomic E-state index is -2.76. The fourth-order valence-electron chi connectivity index (χ4n) is 1.55. The molecule has 1 atom stereocenters. The minimum Gasteiger partial charge on any atom is -0.382 e. The Morgan fingerprint density at radius 3 is 2.72 bits per heavy atom. The summed E-state index contributed by atoms with van der Waals surface area (Å²) in [5, 5.41) is 13.4. The number of nitro groups is 1. The van der Waals surface area contributed by atoms with E-state index in [4.69, 9.17) is 0 Å². The summed E-state index contributed by atoms with van der Waals surface area (Å²) >= 11 is 0. The first kappa shape index (κ1) is 14.1. The number of nitrogens with zero attached hydrogens (tertiary/aromatic N) is 1. The van der Waals surface area contributed by atoms with E-state index in [2.05, 4.69) is 11.9 Å². The molecule has 0 aliphatic rings. The van der Waals surface area contributed by atoms with Crippen molar-refractivity contribution in [3.8, 4) is 0 Å². The van der Waals surface area contributed by atoms with Crippen molar-refractivity contribution in [2.75, 3.05) is 5.32 Å². The second-order valence-corrected chi connectivity index (χ2v) is 3.90. The molecule has 0 amide bonds. The van der Waals surface area contributed by atoms with Crippen LogP contribution in [-0.2, 0) is 0 Å². The highest BCUT2D eigenvalue weighted by atomic mass is 19.3. The Balaban J connectivity index is 3.03. The number of alkyl halides is 2. The molecule has 1 unspecified atom stereocenters. The van der Waals surface area contributed by atoms with Crippen molar-refractivity contribution < 1.29 is 13.7 Å². The van der Waals surface area contributed by atoms with Crippen LogP contribution in [0.25, 0.3) is 0 Å². The summed E-state index contributed by atoms with van der Waals surface area (Å²) in [7, 11) is 0. The van der Waals surface area contributed by atoms with Gasteiger partial charge < -0.3 is 5.32 Å². The average molecular weight is 256 g/mol. The van der Waals surface area contributed by atoms with Crippen LogP contribution in [0.1, 0.15) is 25.3 Å². The van der Waals surface area contributed by atoms with Crippen LogP contribution in [0.4, 0.5) is 20.2 Å². The molecule has 98 valence electrons. The Hall–Kier alpha value is -1.98. The predicted octanol–water partition coefficient (Wildman–Crippen LogP) is 3.91. The van der Waals surface area contributed by atoms with Crippen LogP contribution >= 0.6 is 0 Å². The van der Waals surface area contributed by atoms with E-state index in [-0.39, 0.29) is 23.0 Å². The van der Waals surface area contributed by atoms with Crippen LogP contribution in [0.15, 0.2) is 30.9 Å². The molecule has 0 aliphatic heterocycles. The van der Waals surface area contributed by atoms with Gasteiger partial charge in [-0.25, -0.2) is 8.78 Å². The summed E-state index contributed by atoms with van der Waals surface area (Å²) in [6.45, 7) is 5.38. The van der Waals surface area contributed by atoms with Gasteiger partial charge in [0.1, 0.15) is 0 Å². The SMILES string of the molecule is C=CCC(C)Nc1ccc([N+](=O)[O-])cc1C(F)F. The van der Waals surface area contributed by atoms with Gasteiger partial charge in [0.05, 0.1) is 4.92 Å². The molecule has 0 fully saturated rings. The van der Waals surface area contributed by atoms with Gasteiger partial charge in [0.25, 0.3) is 12.1 Å². The van der Waals surface area contributed by atoms with Gasteiger partial charge in [0, 0.05) is 29.4 Å². The molecule has 0 heterocycles. The van der Waals surface area contributed by atoms with E-state index in [0.29, 0.717) is 6.42 Å². The Labute approximate surface area is 103 Å². The van der Waals surface area contributed by atoms with Crippen molar-refractivity contribution >= 4 is 11.4 Å². The first-order valence-corrected chi connectivity index (χ1v) is 5.39. The van der Waals surface area contributed by atoms with Crippen molar-refractivity contribution in [3.05, 3.63) is 46.5 Å². The van der Waals surface area contributed by atoms with E-state index in [1.165, 1.54) is 12.1 Å². The van der Waals surface area contributed by atoms with E-state index >= 15 is 0 Å². The lowest BCUT2D eigenvalue weighted by molar-refractivity contribution is -0.385. The van der Waals surface area contributed by atoms with Crippen LogP contribution in [0.3, 0.4) is 0 Å². The third-order valence-electron chi connectivity index (χ3n) is 2.40. The zero-order valence-corrected chi connectivity index (χ0v) is 9.90. The lowest BCUT2D eigenvalue weighted by Crippen LogP contribution is -2.15. The lowest BCUT2D eigenvalue weighted by atomic mass is 10.1. The van der Waals surface area contributed by atoms with Crippen LogP contribution in [0.2, 0.25) is 0 Å². The van der Waals surface area contributed by atoms with Gasteiger partial charge >= 0.3 is 0 Å². The largest absolute Gasteiger partial charge is 0.382 e. The molecule has 1 rings (SSSR count). The molecule has 1 aromatic carbocycles. The molecule has 6 heteroatoms. The number of hydrogen-bond donors (Lipinski definition) is 1. The van der Waals surface area contributed by atoms with Crippen molar-refractivity contribution in [2.45, 2.75) is 25.8 Å². The number of rotatable bonds is 6. The maximum atomic E-state index is 12.8. The quantitative estimate of drug-likeness (QED) is 0.477. The first-order chi connectivity index (χ1) is 8.45. The van der Waals surface area contributed by atoms with E-state index in [9.17, 15) is 18.9 Å². The Morgan fingerprint density at radius 1 is 1.56 bits per heavy atom. The van der Waals surface area contributed by atoms with Crippen molar-refractivity contribution in [1.29, 1.82) is 0 Å². The molecular formula is C12H14F2N2O2. The summed E-state index contributed by atoms with van der Waals surface area (Å²) in [5.41, 5.74) is -0.489. The minimum absolute atomic E-state index is 0.0681. The molecule has 18 heavy (non-hydrogen) atoms. The summed E-state index contributed by atoms with van der Waals surface area (Å²) in [6, 6.07) is 3.34. The summed E-state index contributed by atoms with van der Waals surface area (Å²) < 4.78 is 25.6. The number of benzene rings is 1. The monoisotopic (exact) mass is 256 g/mol. The van der Waals surface area contributed by atoms with Gasteiger partial charge in [-0.2, -0.15) is 0 Å². The maximum absolute atomic E-state index is 12.8. The molecule has 0 radical (unpaired) electrons. The van der Waals surface area contributed by atoms with E-state index in [1.54, 1.807) is 6.08 Å². The molecule has 0 aromatic heterocycles. The van der Waals surface area contributed by atoms with Crippen LogP contribution in [0, 0.1) is 10.1 Å². The third-order valence-corrected chi connectivity index (χ3v) is 2.40. The highest BCUT2D eigenvalue weighted by Gasteiger charge is 2.18. The Bertz CT molecular complexity index is 450. The number of anilines is 1. The fourth-order valence-corrected chi connectivity index (χ4v) is 1.55. The topological polar surface area (TPSA) is 55.2 Å². The summed E-state index contributed by atoms with van der Waals surface area (Å²) in [4.78, 5) is 9.85. The lowest BCUT2D eigenvalue weighted by Gasteiger charge is -2.16. The normalized spacial score (nSPS) is 12.2. The average Bonchev–Trinajstić information content (AvgIpc) is 2.29. The van der Waals surface area contributed by atoms with Crippen LogP contribution in [-0.4, -0.2) is 11.0 Å². The highest BCUT2D eigenvalue weighted by Crippen LogP contribution is 2.31. The standard InChI is InChI=1S/C12H14F2N2O2/c1-3-4-8(2)15-11-6-5-9(16(17)18)7-10(11)12(13)14/h3,5-8,12,15H,1,4H2,2H3. The first-order valence-electron chi connectivity index (χ1n) is 5.39. The van der Waals surface area contributed by atoms with E-state index in [1.807, 2.05) is 6.92 Å². The van der Waals surface area contributed by atoms with Crippen molar-refractivity contribution in [1.82, 2.24) is 0 Å². The molecule has 4 nitrogen and oxygen atoms in total. The molecule has 1 aromatic rings. The number of nitro benzene ring substituents is 1. The van der Waals surface area contributed by atoms with E-state index < -0.39 is 11.3 Å². The summed E-state index contributed by atoms with van der Waals surface area (Å²) in [5.74, 6) is 0. The number of hydrogen-bond acceptors (Lipinski definition) is 3. The fraction of sp³-hybridized carbons (Fsp3) is 0.333. The van der Waals surface area contributed by atoms with Gasteiger partial charge in [-0.1, -0.05) is 6.08 Å². The van der Waals surface area contributed by atoms with Gasteiger partial charge in [0.2, 0.25) is 0 Å². The number of nitrogens with one attached hydrogen (secondary N) is 1. The molecule has 0 saturated carbocycles.